The second-order valence-electron chi connectivity index (χ2n) is 3.50. The lowest BCUT2D eigenvalue weighted by Crippen LogP contribution is -2.65. The topological polar surface area (TPSA) is 75.6 Å². The zero-order valence-electron chi connectivity index (χ0n) is 9.59. The first-order valence-electron chi connectivity index (χ1n) is 4.79. The Labute approximate surface area is 95.9 Å². The van der Waals surface area contributed by atoms with Crippen molar-refractivity contribution in [2.75, 3.05) is 7.11 Å². The molecule has 0 spiro atoms. The number of alkyl halides is 3. The van der Waals surface area contributed by atoms with Crippen molar-refractivity contribution in [1.82, 2.24) is 5.32 Å². The molecule has 0 bridgehead atoms. The van der Waals surface area contributed by atoms with Gasteiger partial charge in [0.25, 0.3) is 0 Å². The third kappa shape index (κ3) is 3.32. The maximum absolute atomic E-state index is 12.5. The summed E-state index contributed by atoms with van der Waals surface area (Å²) in [4.78, 5) is 22.2. The van der Waals surface area contributed by atoms with E-state index in [4.69, 9.17) is 0 Å². The molecule has 0 aliphatic carbocycles. The highest BCUT2D eigenvalue weighted by atomic mass is 19.4. The standard InChI is InChI=1S/C9H14F3NO4/c1-4-5(2)6(14)13-8(16,7(15)17-3)9(10,11)12/h5,16H,4H2,1-3H3,(H,13,14)/t5-,8-/m0/s1. The molecule has 0 saturated carbocycles. The Bertz CT molecular complexity index is 305. The van der Waals surface area contributed by atoms with Crippen molar-refractivity contribution >= 4 is 11.9 Å². The van der Waals surface area contributed by atoms with Crippen molar-refractivity contribution in [2.45, 2.75) is 32.2 Å². The Balaban J connectivity index is 5.11. The van der Waals surface area contributed by atoms with Gasteiger partial charge in [-0.1, -0.05) is 13.8 Å². The minimum absolute atomic E-state index is 0.265. The molecule has 0 fully saturated rings. The van der Waals surface area contributed by atoms with Crippen molar-refractivity contribution in [2.24, 2.45) is 5.92 Å². The van der Waals surface area contributed by atoms with Crippen molar-refractivity contribution < 1.29 is 32.6 Å². The summed E-state index contributed by atoms with van der Waals surface area (Å²) in [5, 5.41) is 10.5. The number of carbonyl (C=O) groups is 2. The van der Waals surface area contributed by atoms with Crippen LogP contribution in [0.2, 0.25) is 0 Å². The quantitative estimate of drug-likeness (QED) is 0.570. The summed E-state index contributed by atoms with van der Waals surface area (Å²) in [6.45, 7) is 2.94. The third-order valence-corrected chi connectivity index (χ3v) is 2.26. The lowest BCUT2D eigenvalue weighted by molar-refractivity contribution is -0.270. The molecular weight excluding hydrogens is 243 g/mol. The first-order valence-corrected chi connectivity index (χ1v) is 4.79. The van der Waals surface area contributed by atoms with Crippen LogP contribution >= 0.6 is 0 Å². The highest BCUT2D eigenvalue weighted by Gasteiger charge is 2.62. The molecule has 0 aromatic carbocycles. The maximum Gasteiger partial charge on any atom is 0.448 e. The van der Waals surface area contributed by atoms with E-state index in [2.05, 4.69) is 4.74 Å². The van der Waals surface area contributed by atoms with Crippen LogP contribution in [0.4, 0.5) is 13.2 Å². The zero-order chi connectivity index (χ0) is 13.9. The molecule has 17 heavy (non-hydrogen) atoms. The number of esters is 1. The van der Waals surface area contributed by atoms with Crippen LogP contribution in [0.15, 0.2) is 0 Å². The van der Waals surface area contributed by atoms with E-state index in [1.54, 1.807) is 6.92 Å². The fourth-order valence-corrected chi connectivity index (χ4v) is 0.872. The highest BCUT2D eigenvalue weighted by Crippen LogP contribution is 2.29. The number of hydrogen-bond acceptors (Lipinski definition) is 4. The fraction of sp³-hybridized carbons (Fsp3) is 0.778. The highest BCUT2D eigenvalue weighted by molar-refractivity contribution is 5.88. The number of methoxy groups -OCH3 is 1. The molecule has 0 unspecified atom stereocenters. The molecule has 0 heterocycles. The second kappa shape index (κ2) is 5.35. The van der Waals surface area contributed by atoms with Gasteiger partial charge in [0, 0.05) is 5.92 Å². The number of halogens is 3. The maximum atomic E-state index is 12.5. The van der Waals surface area contributed by atoms with Gasteiger partial charge in [0.05, 0.1) is 7.11 Å². The summed E-state index contributed by atoms with van der Waals surface area (Å²) < 4.78 is 41.3. The summed E-state index contributed by atoms with van der Waals surface area (Å²) in [6, 6.07) is 0. The smallest absolute Gasteiger partial charge is 0.448 e. The predicted molar refractivity (Wildman–Crippen MR) is 50.6 cm³/mol. The number of carbonyl (C=O) groups excluding carboxylic acids is 2. The summed E-state index contributed by atoms with van der Waals surface area (Å²) in [7, 11) is 0.675. The molecule has 0 aromatic heterocycles. The van der Waals surface area contributed by atoms with Gasteiger partial charge >= 0.3 is 17.9 Å². The van der Waals surface area contributed by atoms with Gasteiger partial charge in [-0.2, -0.15) is 13.2 Å². The van der Waals surface area contributed by atoms with Crippen LogP contribution in [0, 0.1) is 5.92 Å². The van der Waals surface area contributed by atoms with Crippen LogP contribution in [0.25, 0.3) is 0 Å². The first-order chi connectivity index (χ1) is 7.60. The van der Waals surface area contributed by atoms with Crippen molar-refractivity contribution in [3.8, 4) is 0 Å². The Hall–Kier alpha value is -1.31. The van der Waals surface area contributed by atoms with Gasteiger partial charge in [-0.3, -0.25) is 4.79 Å². The number of ether oxygens (including phenoxy) is 1. The molecule has 0 aliphatic heterocycles. The predicted octanol–water partition coefficient (Wildman–Crippen LogP) is 0.573. The third-order valence-electron chi connectivity index (χ3n) is 2.26. The van der Waals surface area contributed by atoms with Crippen LogP contribution in [-0.2, 0) is 14.3 Å². The zero-order valence-corrected chi connectivity index (χ0v) is 9.59. The van der Waals surface area contributed by atoms with Crippen LogP contribution in [0.3, 0.4) is 0 Å². The number of nitrogens with one attached hydrogen (secondary N) is 1. The van der Waals surface area contributed by atoms with Gasteiger partial charge in [-0.25, -0.2) is 4.79 Å². The Morgan fingerprint density at radius 2 is 1.88 bits per heavy atom. The van der Waals surface area contributed by atoms with Crippen LogP contribution in [0.5, 0.6) is 0 Å². The fourth-order valence-electron chi connectivity index (χ4n) is 0.872. The van der Waals surface area contributed by atoms with Gasteiger partial charge in [0.1, 0.15) is 0 Å². The monoisotopic (exact) mass is 257 g/mol. The van der Waals surface area contributed by atoms with E-state index in [-0.39, 0.29) is 6.42 Å². The van der Waals surface area contributed by atoms with Gasteiger partial charge < -0.3 is 15.2 Å². The molecule has 0 rings (SSSR count). The van der Waals surface area contributed by atoms with Crippen molar-refractivity contribution in [1.29, 1.82) is 0 Å². The van der Waals surface area contributed by atoms with Gasteiger partial charge in [0.2, 0.25) is 5.91 Å². The van der Waals surface area contributed by atoms with E-state index in [1.165, 1.54) is 12.2 Å². The van der Waals surface area contributed by atoms with E-state index >= 15 is 0 Å². The minimum atomic E-state index is -5.36. The molecule has 100 valence electrons. The van der Waals surface area contributed by atoms with E-state index in [1.807, 2.05) is 0 Å². The Kier molecular flexibility index (Phi) is 4.94. The Morgan fingerprint density at radius 3 is 2.18 bits per heavy atom. The molecular formula is C9H14F3NO4. The van der Waals surface area contributed by atoms with Crippen molar-refractivity contribution in [3.05, 3.63) is 0 Å². The van der Waals surface area contributed by atoms with Crippen LogP contribution < -0.4 is 5.32 Å². The first kappa shape index (κ1) is 15.7. The van der Waals surface area contributed by atoms with Gasteiger partial charge in [-0.05, 0) is 6.42 Å². The van der Waals surface area contributed by atoms with E-state index in [9.17, 15) is 27.9 Å². The van der Waals surface area contributed by atoms with Crippen LogP contribution in [0.1, 0.15) is 20.3 Å². The molecule has 0 radical (unpaired) electrons. The summed E-state index contributed by atoms with van der Waals surface area (Å²) >= 11 is 0. The molecule has 2 atom stereocenters. The molecule has 0 saturated heterocycles. The molecule has 0 aliphatic rings. The SMILES string of the molecule is CC[C@H](C)C(=O)N[C@](O)(C(=O)OC)C(F)(F)F. The normalized spacial score (nSPS) is 16.9. The minimum Gasteiger partial charge on any atom is -0.465 e. The lowest BCUT2D eigenvalue weighted by Gasteiger charge is -2.29. The van der Waals surface area contributed by atoms with E-state index in [0.717, 1.165) is 0 Å². The summed E-state index contributed by atoms with van der Waals surface area (Å²) in [5.41, 5.74) is -4.01. The average Bonchev–Trinajstić information content (AvgIpc) is 2.24. The molecule has 0 aromatic rings. The van der Waals surface area contributed by atoms with Crippen molar-refractivity contribution in [3.63, 3.8) is 0 Å². The van der Waals surface area contributed by atoms with E-state index in [0.29, 0.717) is 7.11 Å². The summed E-state index contributed by atoms with van der Waals surface area (Å²) in [6.07, 6.45) is -5.09. The molecule has 1 amide bonds. The van der Waals surface area contributed by atoms with E-state index < -0.39 is 29.7 Å². The van der Waals surface area contributed by atoms with Crippen LogP contribution in [-0.4, -0.2) is 36.0 Å². The molecule has 2 N–H and O–H groups in total. The van der Waals surface area contributed by atoms with Gasteiger partial charge in [-0.15, -0.1) is 0 Å². The Morgan fingerprint density at radius 1 is 1.41 bits per heavy atom. The largest absolute Gasteiger partial charge is 0.465 e. The number of aliphatic hydroxyl groups is 1. The molecule has 5 nitrogen and oxygen atoms in total. The lowest BCUT2D eigenvalue weighted by atomic mass is 10.1. The number of rotatable bonds is 4. The second-order valence-corrected chi connectivity index (χ2v) is 3.50. The number of hydrogen-bond donors (Lipinski definition) is 2. The summed E-state index contributed by atoms with van der Waals surface area (Å²) in [5.74, 6) is -3.84. The average molecular weight is 257 g/mol. The number of amides is 1. The van der Waals surface area contributed by atoms with Gasteiger partial charge in [0.15, 0.2) is 0 Å². The molecule has 8 heteroatoms.